The molecule has 0 radical (unpaired) electrons. The summed E-state index contributed by atoms with van der Waals surface area (Å²) in [5, 5.41) is 17.7. The maximum atomic E-state index is 13.1. The van der Waals surface area contributed by atoms with Crippen molar-refractivity contribution in [1.29, 1.82) is 0 Å². The number of aliphatic hydroxyl groups is 1. The first-order valence-electron chi connectivity index (χ1n) is 13.7. The minimum Gasteiger partial charge on any atom is -0.390 e. The lowest BCUT2D eigenvalue weighted by molar-refractivity contribution is 0.0792. The van der Waals surface area contributed by atoms with Crippen molar-refractivity contribution < 1.29 is 9.90 Å². The first kappa shape index (κ1) is 27.3. The van der Waals surface area contributed by atoms with Crippen LogP contribution in [-0.4, -0.2) is 34.7 Å². The minimum absolute atomic E-state index is 0.123. The van der Waals surface area contributed by atoms with Gasteiger partial charge in [-0.15, -0.1) is 0 Å². The number of aromatic nitrogens is 1. The number of carbonyl (C=O) groups excluding carboxylic acids is 1. The average molecular weight is 480 g/mol. The van der Waals surface area contributed by atoms with Gasteiger partial charge >= 0.3 is 0 Å². The second kappa shape index (κ2) is 14.4. The summed E-state index contributed by atoms with van der Waals surface area (Å²) in [6.45, 7) is 7.77. The summed E-state index contributed by atoms with van der Waals surface area (Å²) in [6, 6.07) is 12.0. The van der Waals surface area contributed by atoms with Crippen molar-refractivity contribution in [3.8, 4) is 0 Å². The fraction of sp³-hybridized carbons (Fsp3) is 0.600. The van der Waals surface area contributed by atoms with Crippen LogP contribution in [0.5, 0.6) is 0 Å². The molecule has 1 aromatic heterocycles. The van der Waals surface area contributed by atoms with E-state index in [1.54, 1.807) is 12.3 Å². The molecule has 0 unspecified atom stereocenters. The molecule has 3 rings (SSSR count). The van der Waals surface area contributed by atoms with Gasteiger partial charge in [0.2, 0.25) is 0 Å². The third-order valence-electron chi connectivity index (χ3n) is 7.20. The number of carbonyl (C=O) groups is 1. The molecule has 0 aliphatic carbocycles. The smallest absolute Gasteiger partial charge is 0.251 e. The Bertz CT molecular complexity index is 914. The normalized spacial score (nSPS) is 21.5. The van der Waals surface area contributed by atoms with Crippen LogP contribution in [0.3, 0.4) is 0 Å². The lowest BCUT2D eigenvalue weighted by Crippen LogP contribution is -2.48. The molecule has 1 aliphatic heterocycles. The lowest BCUT2D eigenvalue weighted by Gasteiger charge is -2.27. The molecule has 2 aromatic rings. The molecule has 2 heterocycles. The van der Waals surface area contributed by atoms with Crippen molar-refractivity contribution in [3.05, 3.63) is 65.0 Å². The van der Waals surface area contributed by atoms with E-state index in [1.807, 2.05) is 6.07 Å². The Hall–Kier alpha value is -2.24. The second-order valence-electron chi connectivity index (χ2n) is 10.7. The SMILES string of the molecule is CC(C)c1cccc(CNC[C@@H](O)[C@@H]2C[C@H](C)CCCCCCCCc3cc(ccn3)C(=O)N2)c1. The summed E-state index contributed by atoms with van der Waals surface area (Å²) in [6.07, 6.45) is 11.2. The zero-order valence-electron chi connectivity index (χ0n) is 21.9. The van der Waals surface area contributed by atoms with E-state index < -0.39 is 6.10 Å². The molecule has 1 aliphatic rings. The molecule has 35 heavy (non-hydrogen) atoms. The zero-order chi connectivity index (χ0) is 25.0. The highest BCUT2D eigenvalue weighted by Crippen LogP contribution is 2.20. The summed E-state index contributed by atoms with van der Waals surface area (Å²) in [5.41, 5.74) is 4.13. The van der Waals surface area contributed by atoms with Crippen molar-refractivity contribution >= 4 is 5.91 Å². The minimum atomic E-state index is -0.658. The third-order valence-corrected chi connectivity index (χ3v) is 7.20. The Morgan fingerprint density at radius 1 is 1.09 bits per heavy atom. The summed E-state index contributed by atoms with van der Waals surface area (Å²) in [7, 11) is 0. The van der Waals surface area contributed by atoms with Gasteiger partial charge in [-0.3, -0.25) is 9.78 Å². The molecule has 5 heteroatoms. The van der Waals surface area contributed by atoms with Gasteiger partial charge < -0.3 is 15.7 Å². The first-order valence-corrected chi connectivity index (χ1v) is 13.7. The number of amides is 1. The van der Waals surface area contributed by atoms with Crippen LogP contribution in [0.15, 0.2) is 42.6 Å². The van der Waals surface area contributed by atoms with Gasteiger partial charge in [0.05, 0.1) is 12.1 Å². The van der Waals surface area contributed by atoms with Crippen LogP contribution in [0.2, 0.25) is 0 Å². The highest BCUT2D eigenvalue weighted by Gasteiger charge is 2.24. The van der Waals surface area contributed by atoms with Gasteiger partial charge in [0, 0.05) is 30.5 Å². The Labute approximate surface area is 212 Å². The van der Waals surface area contributed by atoms with Crippen molar-refractivity contribution in [1.82, 2.24) is 15.6 Å². The van der Waals surface area contributed by atoms with Gasteiger partial charge in [-0.2, -0.15) is 0 Å². The van der Waals surface area contributed by atoms with Crippen LogP contribution < -0.4 is 10.6 Å². The molecule has 0 fully saturated rings. The molecule has 3 N–H and O–H groups in total. The summed E-state index contributed by atoms with van der Waals surface area (Å²) < 4.78 is 0. The van der Waals surface area contributed by atoms with Crippen LogP contribution in [-0.2, 0) is 13.0 Å². The number of nitrogens with zero attached hydrogens (tertiary/aromatic N) is 1. The number of hydrogen-bond acceptors (Lipinski definition) is 4. The van der Waals surface area contributed by atoms with E-state index in [0.717, 1.165) is 31.4 Å². The van der Waals surface area contributed by atoms with E-state index in [0.29, 0.717) is 30.5 Å². The monoisotopic (exact) mass is 479 g/mol. The van der Waals surface area contributed by atoms with Crippen molar-refractivity contribution in [2.24, 2.45) is 5.92 Å². The molecule has 3 atom stereocenters. The Balaban J connectivity index is 1.65. The molecule has 192 valence electrons. The average Bonchev–Trinajstić information content (AvgIpc) is 2.85. The van der Waals surface area contributed by atoms with E-state index in [4.69, 9.17) is 0 Å². The predicted molar refractivity (Wildman–Crippen MR) is 144 cm³/mol. The van der Waals surface area contributed by atoms with E-state index in [2.05, 4.69) is 60.7 Å². The van der Waals surface area contributed by atoms with Gasteiger partial charge in [-0.25, -0.2) is 0 Å². The Morgan fingerprint density at radius 3 is 2.66 bits per heavy atom. The summed E-state index contributed by atoms with van der Waals surface area (Å²) >= 11 is 0. The molecule has 1 amide bonds. The van der Waals surface area contributed by atoms with E-state index in [-0.39, 0.29) is 11.9 Å². The van der Waals surface area contributed by atoms with Crippen LogP contribution in [0.1, 0.15) is 105 Å². The standard InChI is InChI=1S/C30H45N3O2/c1-22(2)25-13-10-12-24(18-25)20-31-21-29(34)28-17-23(3)11-8-6-4-5-7-9-14-27-19-26(15-16-32-27)30(35)33-28/h10,12-13,15-16,18-19,22-23,28-29,31,34H,4-9,11,14,17,20-21H2,1-3H3,(H,33,35)/t23-,28+,29-/m1/s1. The second-order valence-corrected chi connectivity index (χ2v) is 10.7. The maximum absolute atomic E-state index is 13.1. The predicted octanol–water partition coefficient (Wildman–Crippen LogP) is 5.77. The van der Waals surface area contributed by atoms with E-state index in [1.165, 1.54) is 43.2 Å². The molecule has 1 aromatic carbocycles. The number of rotatable bonds is 6. The highest BCUT2D eigenvalue weighted by atomic mass is 16.3. The molecular formula is C30H45N3O2. The lowest BCUT2D eigenvalue weighted by atomic mass is 9.92. The van der Waals surface area contributed by atoms with Gasteiger partial charge in [0.15, 0.2) is 0 Å². The molecular weight excluding hydrogens is 434 g/mol. The largest absolute Gasteiger partial charge is 0.390 e. The van der Waals surface area contributed by atoms with Crippen LogP contribution >= 0.6 is 0 Å². The quantitative estimate of drug-likeness (QED) is 0.492. The zero-order valence-corrected chi connectivity index (χ0v) is 21.9. The van der Waals surface area contributed by atoms with Crippen molar-refractivity contribution in [2.45, 2.75) is 103 Å². The van der Waals surface area contributed by atoms with Gasteiger partial charge in [-0.1, -0.05) is 83.6 Å². The number of hydrogen-bond donors (Lipinski definition) is 3. The fourth-order valence-electron chi connectivity index (χ4n) is 4.95. The van der Waals surface area contributed by atoms with Crippen LogP contribution in [0.25, 0.3) is 0 Å². The maximum Gasteiger partial charge on any atom is 0.251 e. The van der Waals surface area contributed by atoms with Gasteiger partial charge in [0.1, 0.15) is 0 Å². The summed E-state index contributed by atoms with van der Waals surface area (Å²) in [4.78, 5) is 17.6. The van der Waals surface area contributed by atoms with Gasteiger partial charge in [0.25, 0.3) is 5.91 Å². The van der Waals surface area contributed by atoms with Crippen molar-refractivity contribution in [3.63, 3.8) is 0 Å². The topological polar surface area (TPSA) is 74.2 Å². The number of aliphatic hydroxyl groups excluding tert-OH is 1. The Kier molecular flexibility index (Phi) is 11.2. The molecule has 2 bridgehead atoms. The third kappa shape index (κ3) is 9.38. The van der Waals surface area contributed by atoms with Gasteiger partial charge in [-0.05, 0) is 54.4 Å². The summed E-state index contributed by atoms with van der Waals surface area (Å²) in [5.74, 6) is 0.810. The number of pyridine rings is 1. The van der Waals surface area contributed by atoms with E-state index >= 15 is 0 Å². The Morgan fingerprint density at radius 2 is 1.86 bits per heavy atom. The molecule has 5 nitrogen and oxygen atoms in total. The molecule has 0 saturated heterocycles. The number of fused-ring (bicyclic) bond motifs is 2. The number of aryl methyl sites for hydroxylation is 1. The highest BCUT2D eigenvalue weighted by molar-refractivity contribution is 5.94. The number of benzene rings is 1. The first-order chi connectivity index (χ1) is 16.9. The fourth-order valence-corrected chi connectivity index (χ4v) is 4.95. The number of nitrogens with one attached hydrogen (secondary N) is 2. The molecule has 0 spiro atoms. The van der Waals surface area contributed by atoms with Crippen molar-refractivity contribution in [2.75, 3.05) is 6.54 Å². The molecule has 0 saturated carbocycles. The van der Waals surface area contributed by atoms with Crippen LogP contribution in [0.4, 0.5) is 0 Å². The van der Waals surface area contributed by atoms with E-state index in [9.17, 15) is 9.90 Å². The van der Waals surface area contributed by atoms with Crippen LogP contribution in [0, 0.1) is 5.92 Å².